The lowest BCUT2D eigenvalue weighted by Gasteiger charge is -2.13. The number of halogens is 2. The summed E-state index contributed by atoms with van der Waals surface area (Å²) in [6.07, 6.45) is 4.60. The predicted octanol–water partition coefficient (Wildman–Crippen LogP) is 3.50. The number of hydrogen-bond acceptors (Lipinski definition) is 7. The van der Waals surface area contributed by atoms with Crippen molar-refractivity contribution in [2.45, 2.75) is 13.0 Å². The number of fused-ring (bicyclic) bond motifs is 2. The van der Waals surface area contributed by atoms with E-state index in [1.165, 1.54) is 36.0 Å². The number of aromatic nitrogens is 4. The fourth-order valence-corrected chi connectivity index (χ4v) is 3.76. The van der Waals surface area contributed by atoms with Gasteiger partial charge >= 0.3 is 0 Å². The summed E-state index contributed by atoms with van der Waals surface area (Å²) >= 11 is 0. The van der Waals surface area contributed by atoms with E-state index in [1.54, 1.807) is 6.07 Å². The molecule has 0 bridgehead atoms. The number of nitriles is 1. The highest BCUT2D eigenvalue weighted by Gasteiger charge is 2.21. The van der Waals surface area contributed by atoms with E-state index in [4.69, 9.17) is 9.47 Å². The van der Waals surface area contributed by atoms with E-state index in [0.717, 1.165) is 11.8 Å². The van der Waals surface area contributed by atoms with Crippen LogP contribution < -0.4 is 14.8 Å². The van der Waals surface area contributed by atoms with Gasteiger partial charge in [0.25, 0.3) is 0 Å². The SMILES string of the molecule is COc1cc(-c2cnc(NCc3c(F)ccc4c3CCO4)n3cc(C#N)nc23)c(F)cn1. The number of anilines is 1. The quantitative estimate of drug-likeness (QED) is 0.513. The monoisotopic (exact) mass is 434 g/mol. The van der Waals surface area contributed by atoms with E-state index in [1.807, 2.05) is 6.07 Å². The first-order valence-electron chi connectivity index (χ1n) is 9.74. The molecule has 4 heterocycles. The third-order valence-corrected chi connectivity index (χ3v) is 5.30. The first kappa shape index (κ1) is 19.7. The maximum Gasteiger partial charge on any atom is 0.213 e. The Morgan fingerprint density at radius 1 is 1.22 bits per heavy atom. The number of methoxy groups -OCH3 is 1. The molecule has 3 aromatic heterocycles. The largest absolute Gasteiger partial charge is 0.493 e. The molecule has 0 unspecified atom stereocenters. The summed E-state index contributed by atoms with van der Waals surface area (Å²) in [6, 6.07) is 6.41. The van der Waals surface area contributed by atoms with Crippen molar-refractivity contribution in [3.63, 3.8) is 0 Å². The second kappa shape index (κ2) is 7.77. The van der Waals surface area contributed by atoms with Crippen molar-refractivity contribution in [3.05, 3.63) is 65.2 Å². The van der Waals surface area contributed by atoms with Crippen molar-refractivity contribution in [1.29, 1.82) is 5.26 Å². The zero-order valence-electron chi connectivity index (χ0n) is 16.9. The van der Waals surface area contributed by atoms with Gasteiger partial charge in [0.2, 0.25) is 11.8 Å². The summed E-state index contributed by atoms with van der Waals surface area (Å²) in [5, 5.41) is 12.4. The van der Waals surface area contributed by atoms with Gasteiger partial charge in [0.05, 0.1) is 26.1 Å². The molecule has 1 N–H and O–H groups in total. The first-order valence-corrected chi connectivity index (χ1v) is 9.74. The Hall–Kier alpha value is -4.26. The molecule has 32 heavy (non-hydrogen) atoms. The molecule has 5 rings (SSSR count). The third-order valence-electron chi connectivity index (χ3n) is 5.30. The normalized spacial score (nSPS) is 12.3. The third kappa shape index (κ3) is 3.24. The molecule has 160 valence electrons. The number of nitrogens with one attached hydrogen (secondary N) is 1. The molecule has 8 nitrogen and oxygen atoms in total. The van der Waals surface area contributed by atoms with Crippen LogP contribution in [0.5, 0.6) is 11.6 Å². The lowest BCUT2D eigenvalue weighted by molar-refractivity contribution is 0.356. The zero-order valence-corrected chi connectivity index (χ0v) is 16.9. The van der Waals surface area contributed by atoms with Gasteiger partial charge in [0, 0.05) is 47.5 Å². The molecule has 0 fully saturated rings. The first-order chi connectivity index (χ1) is 15.6. The molecule has 0 saturated carbocycles. The molecule has 4 aromatic rings. The van der Waals surface area contributed by atoms with Gasteiger partial charge in [-0.15, -0.1) is 0 Å². The van der Waals surface area contributed by atoms with Crippen molar-refractivity contribution in [3.8, 4) is 28.8 Å². The molecule has 1 aliphatic rings. The minimum absolute atomic E-state index is 0.129. The summed E-state index contributed by atoms with van der Waals surface area (Å²) in [5.74, 6) is 0.301. The highest BCUT2D eigenvalue weighted by atomic mass is 19.1. The van der Waals surface area contributed by atoms with E-state index >= 15 is 0 Å². The Kier molecular flexibility index (Phi) is 4.78. The molecular weight excluding hydrogens is 418 g/mol. The Labute approximate surface area is 181 Å². The Morgan fingerprint density at radius 3 is 2.91 bits per heavy atom. The number of ether oxygens (including phenoxy) is 2. The molecule has 0 aliphatic carbocycles. The molecule has 0 atom stereocenters. The summed E-state index contributed by atoms with van der Waals surface area (Å²) < 4.78 is 41.2. The summed E-state index contributed by atoms with van der Waals surface area (Å²) in [6.45, 7) is 0.661. The summed E-state index contributed by atoms with van der Waals surface area (Å²) in [4.78, 5) is 12.5. The molecule has 1 aliphatic heterocycles. The van der Waals surface area contributed by atoms with E-state index in [2.05, 4.69) is 20.3 Å². The van der Waals surface area contributed by atoms with Gasteiger partial charge in [0.15, 0.2) is 11.3 Å². The smallest absolute Gasteiger partial charge is 0.213 e. The molecular formula is C22H16F2N6O2. The van der Waals surface area contributed by atoms with Gasteiger partial charge in [0.1, 0.15) is 23.5 Å². The van der Waals surface area contributed by atoms with Crippen LogP contribution in [-0.4, -0.2) is 33.1 Å². The maximum atomic E-state index is 14.5. The number of hydrogen-bond donors (Lipinski definition) is 1. The summed E-state index contributed by atoms with van der Waals surface area (Å²) in [5.41, 5.74) is 2.29. The second-order valence-electron chi connectivity index (χ2n) is 7.09. The Balaban J connectivity index is 1.57. The minimum Gasteiger partial charge on any atom is -0.493 e. The van der Waals surface area contributed by atoms with E-state index in [9.17, 15) is 14.0 Å². The molecule has 10 heteroatoms. The van der Waals surface area contributed by atoms with Crippen LogP contribution in [0, 0.1) is 23.0 Å². The van der Waals surface area contributed by atoms with Gasteiger partial charge in [-0.05, 0) is 12.1 Å². The topological polar surface area (TPSA) is 97.4 Å². The second-order valence-corrected chi connectivity index (χ2v) is 7.09. The fourth-order valence-electron chi connectivity index (χ4n) is 3.76. The predicted molar refractivity (Wildman–Crippen MR) is 110 cm³/mol. The average Bonchev–Trinajstić information content (AvgIpc) is 3.46. The Bertz CT molecular complexity index is 1400. The van der Waals surface area contributed by atoms with Gasteiger partial charge in [-0.2, -0.15) is 5.26 Å². The van der Waals surface area contributed by atoms with Crippen LogP contribution in [0.4, 0.5) is 14.7 Å². The van der Waals surface area contributed by atoms with Gasteiger partial charge in [-0.25, -0.2) is 23.7 Å². The zero-order chi connectivity index (χ0) is 22.2. The van der Waals surface area contributed by atoms with Crippen molar-refractivity contribution in [1.82, 2.24) is 19.4 Å². The highest BCUT2D eigenvalue weighted by molar-refractivity contribution is 5.79. The molecule has 0 saturated heterocycles. The van der Waals surface area contributed by atoms with Crippen LogP contribution in [-0.2, 0) is 13.0 Å². The van der Waals surface area contributed by atoms with Gasteiger partial charge in [-0.3, -0.25) is 4.40 Å². The molecule has 0 radical (unpaired) electrons. The number of imidazole rings is 1. The highest BCUT2D eigenvalue weighted by Crippen LogP contribution is 2.32. The average molecular weight is 434 g/mol. The number of pyridine rings is 1. The van der Waals surface area contributed by atoms with Crippen molar-refractivity contribution >= 4 is 11.6 Å². The van der Waals surface area contributed by atoms with E-state index < -0.39 is 5.82 Å². The van der Waals surface area contributed by atoms with Crippen molar-refractivity contribution < 1.29 is 18.3 Å². The Morgan fingerprint density at radius 2 is 2.09 bits per heavy atom. The number of nitrogens with zero attached hydrogens (tertiary/aromatic N) is 5. The van der Waals surface area contributed by atoms with E-state index in [-0.39, 0.29) is 29.5 Å². The van der Waals surface area contributed by atoms with Crippen LogP contribution in [0.2, 0.25) is 0 Å². The lowest BCUT2D eigenvalue weighted by Crippen LogP contribution is -2.10. The van der Waals surface area contributed by atoms with Crippen LogP contribution in [0.15, 0.2) is 36.8 Å². The summed E-state index contributed by atoms with van der Waals surface area (Å²) in [7, 11) is 1.43. The van der Waals surface area contributed by atoms with Crippen molar-refractivity contribution in [2.75, 3.05) is 19.0 Å². The van der Waals surface area contributed by atoms with Crippen LogP contribution in [0.1, 0.15) is 16.8 Å². The van der Waals surface area contributed by atoms with Crippen LogP contribution in [0.3, 0.4) is 0 Å². The minimum atomic E-state index is -0.585. The van der Waals surface area contributed by atoms with Gasteiger partial charge in [-0.1, -0.05) is 0 Å². The van der Waals surface area contributed by atoms with Crippen LogP contribution >= 0.6 is 0 Å². The van der Waals surface area contributed by atoms with Gasteiger partial charge < -0.3 is 14.8 Å². The fraction of sp³-hybridized carbons (Fsp3) is 0.182. The number of rotatable bonds is 5. The van der Waals surface area contributed by atoms with Crippen LogP contribution in [0.25, 0.3) is 16.8 Å². The molecule has 1 aromatic carbocycles. The molecule has 0 spiro atoms. The number of benzene rings is 1. The standard InChI is InChI=1S/C22H16F2N6O2/c1-31-20-6-14(18(24)10-26-20)16-9-28-22(30-11-12(7-25)29-21(16)30)27-8-15-13-4-5-32-19(13)3-2-17(15)23/h2-3,6,9-11H,4-5,8H2,1H3,(H,27,28). The van der Waals surface area contributed by atoms with E-state index in [0.29, 0.717) is 41.5 Å². The van der Waals surface area contributed by atoms with Crippen molar-refractivity contribution in [2.24, 2.45) is 0 Å². The lowest BCUT2D eigenvalue weighted by atomic mass is 10.0. The molecule has 0 amide bonds. The maximum absolute atomic E-state index is 14.5.